The van der Waals surface area contributed by atoms with Gasteiger partial charge in [-0.25, -0.2) is 0 Å². The van der Waals surface area contributed by atoms with Gasteiger partial charge in [0, 0.05) is 22.6 Å². The Morgan fingerprint density at radius 1 is 1.19 bits per heavy atom. The molecule has 2 atom stereocenters. The van der Waals surface area contributed by atoms with E-state index in [1.807, 2.05) is 25.7 Å². The van der Waals surface area contributed by atoms with Crippen LogP contribution in [0.15, 0.2) is 53.4 Å². The van der Waals surface area contributed by atoms with E-state index in [9.17, 15) is 0 Å². The highest BCUT2D eigenvalue weighted by Gasteiger charge is 2.30. The molecule has 1 N–H and O–H groups in total. The molecule has 1 aliphatic rings. The van der Waals surface area contributed by atoms with E-state index in [4.69, 9.17) is 4.74 Å². The molecule has 2 aromatic rings. The Labute approximate surface area is 130 Å². The molecule has 0 spiro atoms. The van der Waals surface area contributed by atoms with Gasteiger partial charge in [0.2, 0.25) is 0 Å². The first-order valence-electron chi connectivity index (χ1n) is 7.45. The molecule has 110 valence electrons. The molecule has 2 aromatic carbocycles. The lowest BCUT2D eigenvalue weighted by atomic mass is 9.88. The van der Waals surface area contributed by atoms with Crippen LogP contribution in [0.4, 0.5) is 0 Å². The third kappa shape index (κ3) is 2.94. The molecule has 2 nitrogen and oxygen atoms in total. The fraction of sp³-hybridized carbons (Fsp3) is 0.333. The minimum Gasteiger partial charge on any atom is -0.494 e. The van der Waals surface area contributed by atoms with E-state index in [2.05, 4.69) is 53.8 Å². The molecule has 3 heteroatoms. The SMILES string of the molecule is CCOc1ccc(C(NC)C2CSc3ccccc32)cc1. The van der Waals surface area contributed by atoms with Gasteiger partial charge in [-0.05, 0) is 43.3 Å². The lowest BCUT2D eigenvalue weighted by molar-refractivity contribution is 0.340. The zero-order valence-corrected chi connectivity index (χ0v) is 13.3. The smallest absolute Gasteiger partial charge is 0.119 e. The van der Waals surface area contributed by atoms with Crippen molar-refractivity contribution in [2.75, 3.05) is 19.4 Å². The third-order valence-electron chi connectivity index (χ3n) is 4.00. The second-order valence-electron chi connectivity index (χ2n) is 5.22. The van der Waals surface area contributed by atoms with Crippen molar-refractivity contribution in [2.45, 2.75) is 23.8 Å². The van der Waals surface area contributed by atoms with Gasteiger partial charge in [-0.1, -0.05) is 30.3 Å². The van der Waals surface area contributed by atoms with E-state index in [-0.39, 0.29) is 0 Å². The van der Waals surface area contributed by atoms with Gasteiger partial charge in [-0.2, -0.15) is 0 Å². The summed E-state index contributed by atoms with van der Waals surface area (Å²) in [7, 11) is 2.05. The molecule has 1 aliphatic heterocycles. The van der Waals surface area contributed by atoms with Crippen LogP contribution in [0.2, 0.25) is 0 Å². The number of ether oxygens (including phenoxy) is 1. The highest BCUT2D eigenvalue weighted by atomic mass is 32.2. The Kier molecular flexibility index (Phi) is 4.51. The Balaban J connectivity index is 1.85. The molecule has 0 saturated heterocycles. The first kappa shape index (κ1) is 14.5. The number of benzene rings is 2. The number of fused-ring (bicyclic) bond motifs is 1. The average Bonchev–Trinajstić information content (AvgIpc) is 2.94. The maximum atomic E-state index is 5.53. The maximum Gasteiger partial charge on any atom is 0.119 e. The van der Waals surface area contributed by atoms with Crippen molar-refractivity contribution in [2.24, 2.45) is 0 Å². The minimum atomic E-state index is 0.344. The number of nitrogens with one attached hydrogen (secondary N) is 1. The van der Waals surface area contributed by atoms with Crippen LogP contribution in [0.3, 0.4) is 0 Å². The molecule has 21 heavy (non-hydrogen) atoms. The molecular weight excluding hydrogens is 278 g/mol. The second kappa shape index (κ2) is 6.54. The normalized spacial score (nSPS) is 18.3. The predicted molar refractivity (Wildman–Crippen MR) is 89.3 cm³/mol. The number of rotatable bonds is 5. The van der Waals surface area contributed by atoms with Gasteiger partial charge in [0.1, 0.15) is 5.75 Å². The van der Waals surface area contributed by atoms with Crippen LogP contribution in [0.1, 0.15) is 30.0 Å². The van der Waals surface area contributed by atoms with E-state index in [0.29, 0.717) is 18.6 Å². The molecular formula is C18H21NOS. The summed E-state index contributed by atoms with van der Waals surface area (Å²) in [4.78, 5) is 1.42. The van der Waals surface area contributed by atoms with Crippen LogP contribution in [-0.2, 0) is 0 Å². The van der Waals surface area contributed by atoms with Crippen molar-refractivity contribution in [3.05, 3.63) is 59.7 Å². The highest BCUT2D eigenvalue weighted by Crippen LogP contribution is 2.45. The van der Waals surface area contributed by atoms with Crippen molar-refractivity contribution in [1.82, 2.24) is 5.32 Å². The summed E-state index contributed by atoms with van der Waals surface area (Å²) in [5, 5.41) is 3.50. The summed E-state index contributed by atoms with van der Waals surface area (Å²) in [6.07, 6.45) is 0. The topological polar surface area (TPSA) is 21.3 Å². The summed E-state index contributed by atoms with van der Waals surface area (Å²) in [5.41, 5.74) is 2.79. The molecule has 0 aromatic heterocycles. The fourth-order valence-electron chi connectivity index (χ4n) is 3.00. The second-order valence-corrected chi connectivity index (χ2v) is 6.29. The fourth-order valence-corrected chi connectivity index (χ4v) is 4.29. The van der Waals surface area contributed by atoms with Gasteiger partial charge in [0.15, 0.2) is 0 Å². The molecule has 0 amide bonds. The molecule has 0 radical (unpaired) electrons. The van der Waals surface area contributed by atoms with Crippen LogP contribution < -0.4 is 10.1 Å². The van der Waals surface area contributed by atoms with Gasteiger partial charge >= 0.3 is 0 Å². The quantitative estimate of drug-likeness (QED) is 0.892. The lowest BCUT2D eigenvalue weighted by Gasteiger charge is -2.24. The summed E-state index contributed by atoms with van der Waals surface area (Å²) >= 11 is 1.96. The first-order chi connectivity index (χ1) is 10.3. The van der Waals surface area contributed by atoms with Gasteiger partial charge in [0.05, 0.1) is 6.61 Å². The minimum absolute atomic E-state index is 0.344. The Hall–Kier alpha value is -1.45. The van der Waals surface area contributed by atoms with E-state index >= 15 is 0 Å². The first-order valence-corrected chi connectivity index (χ1v) is 8.43. The van der Waals surface area contributed by atoms with Gasteiger partial charge in [-0.15, -0.1) is 11.8 Å². The Morgan fingerprint density at radius 2 is 1.95 bits per heavy atom. The Morgan fingerprint density at radius 3 is 2.67 bits per heavy atom. The van der Waals surface area contributed by atoms with Crippen LogP contribution >= 0.6 is 11.8 Å². The molecule has 0 bridgehead atoms. The van der Waals surface area contributed by atoms with Crippen LogP contribution in [0.5, 0.6) is 5.75 Å². The zero-order valence-electron chi connectivity index (χ0n) is 12.5. The largest absolute Gasteiger partial charge is 0.494 e. The van der Waals surface area contributed by atoms with Gasteiger partial charge < -0.3 is 10.1 Å². The molecule has 2 unspecified atom stereocenters. The van der Waals surface area contributed by atoms with Crippen molar-refractivity contribution in [1.29, 1.82) is 0 Å². The Bertz CT molecular complexity index is 596. The van der Waals surface area contributed by atoms with Crippen molar-refractivity contribution < 1.29 is 4.74 Å². The molecule has 0 fully saturated rings. The molecule has 0 aliphatic carbocycles. The number of hydrogen-bond acceptors (Lipinski definition) is 3. The van der Waals surface area contributed by atoms with Gasteiger partial charge in [-0.3, -0.25) is 0 Å². The average molecular weight is 299 g/mol. The van der Waals surface area contributed by atoms with Gasteiger partial charge in [0.25, 0.3) is 0 Å². The number of likely N-dealkylation sites (N-methyl/N-ethyl adjacent to an activating group) is 1. The number of hydrogen-bond donors (Lipinski definition) is 1. The monoisotopic (exact) mass is 299 g/mol. The zero-order chi connectivity index (χ0) is 14.7. The van der Waals surface area contributed by atoms with Crippen molar-refractivity contribution >= 4 is 11.8 Å². The van der Waals surface area contributed by atoms with Crippen LogP contribution in [0, 0.1) is 0 Å². The van der Waals surface area contributed by atoms with Crippen LogP contribution in [-0.4, -0.2) is 19.4 Å². The predicted octanol–water partition coefficient (Wildman–Crippen LogP) is 4.24. The van der Waals surface area contributed by atoms with E-state index in [1.54, 1.807) is 0 Å². The molecule has 1 heterocycles. The van der Waals surface area contributed by atoms with E-state index in [1.165, 1.54) is 16.0 Å². The summed E-state index contributed by atoms with van der Waals surface area (Å²) in [6.45, 7) is 2.72. The maximum absolute atomic E-state index is 5.53. The molecule has 3 rings (SSSR count). The van der Waals surface area contributed by atoms with Crippen molar-refractivity contribution in [3.63, 3.8) is 0 Å². The van der Waals surface area contributed by atoms with E-state index in [0.717, 1.165) is 11.5 Å². The summed E-state index contributed by atoms with van der Waals surface area (Å²) in [5.74, 6) is 2.60. The summed E-state index contributed by atoms with van der Waals surface area (Å²) < 4.78 is 5.53. The lowest BCUT2D eigenvalue weighted by Crippen LogP contribution is -2.24. The summed E-state index contributed by atoms with van der Waals surface area (Å²) in [6, 6.07) is 17.6. The van der Waals surface area contributed by atoms with Crippen LogP contribution in [0.25, 0.3) is 0 Å². The molecule has 0 saturated carbocycles. The standard InChI is InChI=1S/C18H21NOS/c1-3-20-14-10-8-13(9-11-14)18(19-2)16-12-21-17-7-5-4-6-15(16)17/h4-11,16,18-19H,3,12H2,1-2H3. The van der Waals surface area contributed by atoms with Crippen molar-refractivity contribution in [3.8, 4) is 5.75 Å². The number of thioether (sulfide) groups is 1. The highest BCUT2D eigenvalue weighted by molar-refractivity contribution is 7.99. The van der Waals surface area contributed by atoms with E-state index < -0.39 is 0 Å². The third-order valence-corrected chi connectivity index (χ3v) is 5.21.